The quantitative estimate of drug-likeness (QED) is 0.488. The Morgan fingerprint density at radius 1 is 0.750 bits per heavy atom. The minimum absolute atomic E-state index is 0.375. The fraction of sp³-hybridized carbons (Fsp3) is 0.333. The molecule has 0 unspecified atom stereocenters. The number of ketones is 2. The Morgan fingerprint density at radius 3 is 1.17 bits per heavy atom. The minimum atomic E-state index is -1.15. The van der Waals surface area contributed by atoms with Crippen molar-refractivity contribution in [3.05, 3.63) is 0 Å². The van der Waals surface area contributed by atoms with Crippen LogP contribution in [0.4, 0.5) is 0 Å². The molecule has 0 atom stereocenters. The van der Waals surface area contributed by atoms with Crippen molar-refractivity contribution in [1.82, 2.24) is 0 Å². The molecule has 6 heteroatoms. The fourth-order valence-corrected chi connectivity index (χ4v) is 0.613. The van der Waals surface area contributed by atoms with E-state index in [1.54, 1.807) is 0 Å². The molecule has 0 aliphatic heterocycles. The summed E-state index contributed by atoms with van der Waals surface area (Å²) in [5, 5.41) is -2.30. The molecular weight excluding hydrogens is 207 g/mol. The molecule has 4 nitrogen and oxygen atoms in total. The van der Waals surface area contributed by atoms with Crippen molar-refractivity contribution >= 4 is 45.3 Å². The molecule has 66 valence electrons. The predicted octanol–water partition coefficient (Wildman–Crippen LogP) is 0.436. The van der Waals surface area contributed by atoms with Crippen molar-refractivity contribution in [3.8, 4) is 0 Å². The van der Waals surface area contributed by atoms with Crippen molar-refractivity contribution < 1.29 is 19.2 Å². The van der Waals surface area contributed by atoms with Gasteiger partial charge in [-0.1, -0.05) is 0 Å². The van der Waals surface area contributed by atoms with E-state index >= 15 is 0 Å². The molecule has 0 aliphatic rings. The van der Waals surface area contributed by atoms with Crippen molar-refractivity contribution in [2.75, 3.05) is 0 Å². The average Bonchev–Trinajstić information content (AvgIpc) is 1.98. The summed E-state index contributed by atoms with van der Waals surface area (Å²) < 4.78 is 0. The SMILES string of the molecule is O=C(Cl)C(=O)CCC(=O)C(=O)Cl. The van der Waals surface area contributed by atoms with E-state index in [1.807, 2.05) is 0 Å². The fourth-order valence-electron chi connectivity index (χ4n) is 0.424. The molecule has 0 saturated heterocycles. The van der Waals surface area contributed by atoms with Crippen molar-refractivity contribution in [3.63, 3.8) is 0 Å². The highest BCUT2D eigenvalue weighted by Crippen LogP contribution is 1.98. The highest BCUT2D eigenvalue weighted by molar-refractivity contribution is 6.82. The van der Waals surface area contributed by atoms with Gasteiger partial charge in [-0.05, 0) is 23.2 Å². The minimum Gasteiger partial charge on any atom is -0.289 e. The molecular formula is C6H4Cl2O4. The monoisotopic (exact) mass is 210 g/mol. The van der Waals surface area contributed by atoms with E-state index in [0.717, 1.165) is 0 Å². The maximum absolute atomic E-state index is 10.5. The van der Waals surface area contributed by atoms with E-state index in [1.165, 1.54) is 0 Å². The molecule has 0 amide bonds. The van der Waals surface area contributed by atoms with E-state index in [0.29, 0.717) is 0 Å². The molecule has 0 saturated carbocycles. The first-order valence-corrected chi connectivity index (χ1v) is 3.66. The first kappa shape index (κ1) is 11.3. The molecule has 0 heterocycles. The van der Waals surface area contributed by atoms with Crippen molar-refractivity contribution in [2.45, 2.75) is 12.8 Å². The molecule has 0 radical (unpaired) electrons. The lowest BCUT2D eigenvalue weighted by atomic mass is 10.2. The smallest absolute Gasteiger partial charge is 0.288 e. The van der Waals surface area contributed by atoms with Crippen LogP contribution < -0.4 is 0 Å². The molecule has 0 spiro atoms. The molecule has 0 aromatic carbocycles. The van der Waals surface area contributed by atoms with Gasteiger partial charge in [0.2, 0.25) is 11.6 Å². The van der Waals surface area contributed by atoms with Gasteiger partial charge in [-0.25, -0.2) is 0 Å². The lowest BCUT2D eigenvalue weighted by Gasteiger charge is -1.91. The zero-order valence-electron chi connectivity index (χ0n) is 5.80. The Kier molecular flexibility index (Phi) is 4.70. The van der Waals surface area contributed by atoms with E-state index in [2.05, 4.69) is 0 Å². The summed E-state index contributed by atoms with van der Waals surface area (Å²) >= 11 is 9.55. The Balaban J connectivity index is 3.85. The van der Waals surface area contributed by atoms with Crippen LogP contribution in [0.15, 0.2) is 0 Å². The van der Waals surface area contributed by atoms with Crippen LogP contribution in [0.25, 0.3) is 0 Å². The maximum atomic E-state index is 10.5. The standard InChI is InChI=1S/C6H4Cl2O4/c7-5(11)3(9)1-2-4(10)6(8)12/h1-2H2. The highest BCUT2D eigenvalue weighted by atomic mass is 35.5. The number of halogens is 2. The van der Waals surface area contributed by atoms with Crippen LogP contribution in [0, 0.1) is 0 Å². The third-order valence-electron chi connectivity index (χ3n) is 1.02. The predicted molar refractivity (Wildman–Crippen MR) is 41.0 cm³/mol. The summed E-state index contributed by atoms with van der Waals surface area (Å²) in [6.45, 7) is 0. The van der Waals surface area contributed by atoms with Crippen LogP contribution in [0.5, 0.6) is 0 Å². The number of carbonyl (C=O) groups is 4. The first-order chi connectivity index (χ1) is 5.45. The van der Waals surface area contributed by atoms with Crippen LogP contribution in [-0.2, 0) is 19.2 Å². The van der Waals surface area contributed by atoms with Gasteiger partial charge >= 0.3 is 0 Å². The molecule has 0 bridgehead atoms. The normalized spacial score (nSPS) is 9.17. The lowest BCUT2D eigenvalue weighted by Crippen LogP contribution is -2.12. The summed E-state index contributed by atoms with van der Waals surface area (Å²) in [6.07, 6.45) is -0.751. The number of hydrogen-bond acceptors (Lipinski definition) is 4. The number of rotatable bonds is 5. The van der Waals surface area contributed by atoms with Gasteiger partial charge in [0, 0.05) is 12.8 Å². The molecule has 0 fully saturated rings. The van der Waals surface area contributed by atoms with Gasteiger partial charge in [0.05, 0.1) is 0 Å². The van der Waals surface area contributed by atoms with E-state index in [4.69, 9.17) is 23.2 Å². The van der Waals surface area contributed by atoms with Crippen LogP contribution in [0.1, 0.15) is 12.8 Å². The second kappa shape index (κ2) is 5.00. The highest BCUT2D eigenvalue weighted by Gasteiger charge is 2.15. The number of hydrogen-bond donors (Lipinski definition) is 0. The van der Waals surface area contributed by atoms with Crippen LogP contribution in [0.2, 0.25) is 0 Å². The van der Waals surface area contributed by atoms with Gasteiger partial charge in [-0.2, -0.15) is 0 Å². The van der Waals surface area contributed by atoms with Crippen LogP contribution in [0.3, 0.4) is 0 Å². The molecule has 0 aliphatic carbocycles. The van der Waals surface area contributed by atoms with Crippen LogP contribution >= 0.6 is 23.2 Å². The Bertz CT molecular complexity index is 220. The van der Waals surface area contributed by atoms with Gasteiger partial charge in [0.1, 0.15) is 0 Å². The van der Waals surface area contributed by atoms with Gasteiger partial charge in [-0.15, -0.1) is 0 Å². The summed E-state index contributed by atoms with van der Waals surface area (Å²) in [5.41, 5.74) is 0. The van der Waals surface area contributed by atoms with Gasteiger partial charge < -0.3 is 0 Å². The Hall–Kier alpha value is -0.740. The van der Waals surface area contributed by atoms with Gasteiger partial charge in [0.15, 0.2) is 0 Å². The largest absolute Gasteiger partial charge is 0.289 e. The topological polar surface area (TPSA) is 68.3 Å². The van der Waals surface area contributed by atoms with Crippen LogP contribution in [-0.4, -0.2) is 22.1 Å². The summed E-state index contributed by atoms with van der Waals surface area (Å²) in [4.78, 5) is 41.2. The Morgan fingerprint density at radius 2 is 1.00 bits per heavy atom. The molecule has 0 aromatic heterocycles. The zero-order chi connectivity index (χ0) is 9.72. The third-order valence-corrected chi connectivity index (χ3v) is 1.44. The van der Waals surface area contributed by atoms with Crippen molar-refractivity contribution in [2.24, 2.45) is 0 Å². The Labute approximate surface area is 77.8 Å². The van der Waals surface area contributed by atoms with E-state index in [-0.39, 0.29) is 12.8 Å². The summed E-state index contributed by atoms with van der Waals surface area (Å²) in [7, 11) is 0. The molecule has 0 aromatic rings. The summed E-state index contributed by atoms with van der Waals surface area (Å²) in [6, 6.07) is 0. The van der Waals surface area contributed by atoms with E-state index < -0.39 is 22.1 Å². The molecule has 0 rings (SSSR count). The first-order valence-electron chi connectivity index (χ1n) is 2.90. The zero-order valence-corrected chi connectivity index (χ0v) is 7.31. The molecule has 0 N–H and O–H groups in total. The number of carbonyl (C=O) groups excluding carboxylic acids is 4. The lowest BCUT2D eigenvalue weighted by molar-refractivity contribution is -0.135. The van der Waals surface area contributed by atoms with Gasteiger partial charge in [0.25, 0.3) is 10.5 Å². The average molecular weight is 211 g/mol. The van der Waals surface area contributed by atoms with Gasteiger partial charge in [-0.3, -0.25) is 19.2 Å². The number of Topliss-reactive ketones (excluding diaryl/α,β-unsaturated/α-hetero) is 2. The third kappa shape index (κ3) is 4.20. The summed E-state index contributed by atoms with van der Waals surface area (Å²) in [5.74, 6) is -1.80. The maximum Gasteiger partial charge on any atom is 0.288 e. The second-order valence-electron chi connectivity index (χ2n) is 1.89. The molecule has 12 heavy (non-hydrogen) atoms. The second-order valence-corrected chi connectivity index (χ2v) is 2.58. The van der Waals surface area contributed by atoms with E-state index in [9.17, 15) is 19.2 Å². The van der Waals surface area contributed by atoms with Crippen molar-refractivity contribution in [1.29, 1.82) is 0 Å².